The van der Waals surface area contributed by atoms with E-state index >= 15 is 0 Å². The molecule has 29 heavy (non-hydrogen) atoms. The van der Waals surface area contributed by atoms with E-state index < -0.39 is 0 Å². The van der Waals surface area contributed by atoms with Crippen LogP contribution >= 0.6 is 0 Å². The molecule has 1 aromatic carbocycles. The number of amides is 1. The Morgan fingerprint density at radius 3 is 2.59 bits per heavy atom. The molecule has 148 valence electrons. The Morgan fingerprint density at radius 1 is 1.07 bits per heavy atom. The molecule has 3 aromatic heterocycles. The van der Waals surface area contributed by atoms with Crippen LogP contribution in [-0.2, 0) is 6.54 Å². The van der Waals surface area contributed by atoms with Gasteiger partial charge >= 0.3 is 0 Å². The van der Waals surface area contributed by atoms with Crippen LogP contribution in [0.15, 0.2) is 65.3 Å². The van der Waals surface area contributed by atoms with E-state index in [2.05, 4.69) is 15.5 Å². The van der Waals surface area contributed by atoms with E-state index in [0.717, 1.165) is 30.0 Å². The largest absolute Gasteiger partial charge is 0.463 e. The van der Waals surface area contributed by atoms with E-state index in [4.69, 9.17) is 4.42 Å². The van der Waals surface area contributed by atoms with Gasteiger partial charge in [0.1, 0.15) is 11.4 Å². The number of hydrogen-bond donors (Lipinski definition) is 1. The molecule has 0 fully saturated rings. The van der Waals surface area contributed by atoms with Gasteiger partial charge in [-0.1, -0.05) is 18.2 Å². The van der Waals surface area contributed by atoms with Crippen molar-refractivity contribution in [3.63, 3.8) is 0 Å². The highest BCUT2D eigenvalue weighted by molar-refractivity contribution is 5.94. The maximum Gasteiger partial charge on any atom is 0.270 e. The van der Waals surface area contributed by atoms with Crippen molar-refractivity contribution in [2.75, 3.05) is 6.54 Å². The first-order chi connectivity index (χ1) is 14.1. The van der Waals surface area contributed by atoms with Gasteiger partial charge in [0.25, 0.3) is 5.91 Å². The molecule has 0 bridgehead atoms. The Labute approximate surface area is 169 Å². The predicted molar refractivity (Wildman–Crippen MR) is 110 cm³/mol. The molecule has 1 amide bonds. The van der Waals surface area contributed by atoms with E-state index in [9.17, 15) is 4.79 Å². The number of hydrogen-bond acceptors (Lipinski definition) is 4. The fraction of sp³-hybridized carbons (Fsp3) is 0.227. The standard InChI is InChI=1S/C22H23N5O2/c1-16-14-17(2)26(24-16)12-7-11-23-22(28)20-15-19(21-10-6-13-29-21)25-27(20)18-8-4-3-5-9-18/h3-6,8-10,13-15H,7,11-12H2,1-2H3,(H,23,28). The van der Waals surface area contributed by atoms with Gasteiger partial charge < -0.3 is 9.73 Å². The summed E-state index contributed by atoms with van der Waals surface area (Å²) >= 11 is 0. The molecule has 0 radical (unpaired) electrons. The molecular formula is C22H23N5O2. The minimum absolute atomic E-state index is 0.174. The highest BCUT2D eigenvalue weighted by Crippen LogP contribution is 2.22. The van der Waals surface area contributed by atoms with Crippen LogP contribution in [0.3, 0.4) is 0 Å². The normalized spacial score (nSPS) is 11.0. The third-order valence-electron chi connectivity index (χ3n) is 4.65. The molecular weight excluding hydrogens is 366 g/mol. The molecule has 4 aromatic rings. The topological polar surface area (TPSA) is 77.9 Å². The van der Waals surface area contributed by atoms with Crippen LogP contribution in [0.1, 0.15) is 28.3 Å². The lowest BCUT2D eigenvalue weighted by Crippen LogP contribution is -2.27. The Bertz CT molecular complexity index is 1090. The number of carbonyl (C=O) groups excluding carboxylic acids is 1. The van der Waals surface area contributed by atoms with Gasteiger partial charge in [0.2, 0.25) is 0 Å². The average Bonchev–Trinajstić information content (AvgIpc) is 3.45. The van der Waals surface area contributed by atoms with E-state index in [0.29, 0.717) is 23.7 Å². The quantitative estimate of drug-likeness (QED) is 0.488. The first-order valence-electron chi connectivity index (χ1n) is 9.60. The number of benzene rings is 1. The fourth-order valence-electron chi connectivity index (χ4n) is 3.28. The van der Waals surface area contributed by atoms with E-state index in [1.807, 2.05) is 61.0 Å². The van der Waals surface area contributed by atoms with Crippen molar-refractivity contribution in [1.29, 1.82) is 0 Å². The van der Waals surface area contributed by atoms with E-state index in [1.54, 1.807) is 23.1 Å². The molecule has 0 aliphatic heterocycles. The molecule has 4 rings (SSSR count). The lowest BCUT2D eigenvalue weighted by molar-refractivity contribution is 0.0945. The third kappa shape index (κ3) is 4.13. The summed E-state index contributed by atoms with van der Waals surface area (Å²) in [6.45, 7) is 5.32. The van der Waals surface area contributed by atoms with Crippen molar-refractivity contribution in [2.45, 2.75) is 26.8 Å². The zero-order valence-corrected chi connectivity index (χ0v) is 16.5. The lowest BCUT2D eigenvalue weighted by Gasteiger charge is -2.09. The predicted octanol–water partition coefficient (Wildman–Crippen LogP) is 3.77. The van der Waals surface area contributed by atoms with Crippen LogP contribution in [0, 0.1) is 13.8 Å². The van der Waals surface area contributed by atoms with Gasteiger partial charge in [-0.15, -0.1) is 0 Å². The monoisotopic (exact) mass is 389 g/mol. The summed E-state index contributed by atoms with van der Waals surface area (Å²) < 4.78 is 9.06. The molecule has 7 heteroatoms. The smallest absolute Gasteiger partial charge is 0.270 e. The lowest BCUT2D eigenvalue weighted by atomic mass is 10.2. The molecule has 0 saturated heterocycles. The van der Waals surface area contributed by atoms with E-state index in [1.165, 1.54) is 0 Å². The third-order valence-corrected chi connectivity index (χ3v) is 4.65. The minimum Gasteiger partial charge on any atom is -0.463 e. The zero-order chi connectivity index (χ0) is 20.2. The number of furan rings is 1. The van der Waals surface area contributed by atoms with Gasteiger partial charge in [0.05, 0.1) is 17.6 Å². The number of carbonyl (C=O) groups is 1. The second-order valence-electron chi connectivity index (χ2n) is 6.90. The molecule has 0 aliphatic rings. The van der Waals surface area contributed by atoms with Gasteiger partial charge in [-0.05, 0) is 50.6 Å². The van der Waals surface area contributed by atoms with Gasteiger partial charge in [0.15, 0.2) is 5.76 Å². The molecule has 0 saturated carbocycles. The van der Waals surface area contributed by atoms with Crippen molar-refractivity contribution >= 4 is 5.91 Å². The SMILES string of the molecule is Cc1cc(C)n(CCCNC(=O)c2cc(-c3ccco3)nn2-c2ccccc2)n1. The van der Waals surface area contributed by atoms with E-state index in [-0.39, 0.29) is 5.91 Å². The maximum absolute atomic E-state index is 12.9. The first kappa shape index (κ1) is 18.7. The Morgan fingerprint density at radius 2 is 1.90 bits per heavy atom. The van der Waals surface area contributed by atoms with Crippen LogP contribution in [0.4, 0.5) is 0 Å². The van der Waals surface area contributed by atoms with Crippen molar-refractivity contribution < 1.29 is 9.21 Å². The van der Waals surface area contributed by atoms with Gasteiger partial charge in [-0.25, -0.2) is 4.68 Å². The summed E-state index contributed by atoms with van der Waals surface area (Å²) in [5, 5.41) is 12.0. The van der Waals surface area contributed by atoms with Crippen LogP contribution < -0.4 is 5.32 Å². The van der Waals surface area contributed by atoms with Crippen LogP contribution in [0.5, 0.6) is 0 Å². The molecule has 0 aliphatic carbocycles. The second kappa shape index (κ2) is 8.18. The number of aryl methyl sites for hydroxylation is 3. The first-order valence-corrected chi connectivity index (χ1v) is 9.60. The summed E-state index contributed by atoms with van der Waals surface area (Å²) in [5.41, 5.74) is 4.03. The second-order valence-corrected chi connectivity index (χ2v) is 6.90. The highest BCUT2D eigenvalue weighted by Gasteiger charge is 2.18. The molecule has 1 N–H and O–H groups in total. The van der Waals surface area contributed by atoms with Gasteiger partial charge in [-0.2, -0.15) is 10.2 Å². The van der Waals surface area contributed by atoms with Crippen LogP contribution in [-0.4, -0.2) is 32.0 Å². The Kier molecular flexibility index (Phi) is 5.29. The summed E-state index contributed by atoms with van der Waals surface area (Å²) in [6, 6.07) is 17.0. The summed E-state index contributed by atoms with van der Waals surface area (Å²) in [6.07, 6.45) is 2.38. The number of nitrogens with one attached hydrogen (secondary N) is 1. The molecule has 0 unspecified atom stereocenters. The van der Waals surface area contributed by atoms with Crippen LogP contribution in [0.2, 0.25) is 0 Å². The maximum atomic E-state index is 12.9. The Hall–Kier alpha value is -3.61. The molecule has 7 nitrogen and oxygen atoms in total. The molecule has 0 spiro atoms. The van der Waals surface area contributed by atoms with Crippen molar-refractivity contribution in [1.82, 2.24) is 24.9 Å². The number of nitrogens with zero attached hydrogens (tertiary/aromatic N) is 4. The molecule has 0 atom stereocenters. The highest BCUT2D eigenvalue weighted by atomic mass is 16.3. The number of aromatic nitrogens is 4. The number of para-hydroxylation sites is 1. The Balaban J connectivity index is 1.49. The van der Waals surface area contributed by atoms with Crippen molar-refractivity contribution in [3.8, 4) is 17.1 Å². The van der Waals surface area contributed by atoms with Crippen molar-refractivity contribution in [2.24, 2.45) is 0 Å². The van der Waals surface area contributed by atoms with Crippen LogP contribution in [0.25, 0.3) is 17.1 Å². The fourth-order valence-corrected chi connectivity index (χ4v) is 3.28. The zero-order valence-electron chi connectivity index (χ0n) is 16.5. The van der Waals surface area contributed by atoms with Crippen molar-refractivity contribution in [3.05, 3.63) is 77.9 Å². The summed E-state index contributed by atoms with van der Waals surface area (Å²) in [5.74, 6) is 0.450. The molecule has 3 heterocycles. The number of rotatable bonds is 7. The minimum atomic E-state index is -0.174. The van der Waals surface area contributed by atoms with Gasteiger partial charge in [-0.3, -0.25) is 9.48 Å². The summed E-state index contributed by atoms with van der Waals surface area (Å²) in [7, 11) is 0. The van der Waals surface area contributed by atoms with Gasteiger partial charge in [0, 0.05) is 24.8 Å². The summed E-state index contributed by atoms with van der Waals surface area (Å²) in [4.78, 5) is 12.9. The average molecular weight is 389 g/mol.